The molecule has 0 saturated carbocycles. The van der Waals surface area contributed by atoms with Crippen molar-refractivity contribution in [3.63, 3.8) is 0 Å². The second kappa shape index (κ2) is 6.61. The molecule has 7 heteroatoms. The van der Waals surface area contributed by atoms with E-state index in [0.717, 1.165) is 11.3 Å². The Kier molecular flexibility index (Phi) is 4.14. The molecule has 1 aliphatic rings. The Hall–Kier alpha value is -3.19. The van der Waals surface area contributed by atoms with Crippen LogP contribution in [-0.4, -0.2) is 36.6 Å². The number of nitrogens with one attached hydrogen (secondary N) is 1. The van der Waals surface area contributed by atoms with Crippen LogP contribution in [0.15, 0.2) is 47.5 Å². The van der Waals surface area contributed by atoms with Crippen molar-refractivity contribution in [3.8, 4) is 22.9 Å². The lowest BCUT2D eigenvalue weighted by atomic mass is 10.0. The SMILES string of the molecule is O=c1[nH]c(-c2ccncc2)nc2c1CN(Cc1cc(O)ccc1O)CC2. The third-order valence-corrected chi connectivity index (χ3v) is 4.56. The zero-order valence-corrected chi connectivity index (χ0v) is 14.0. The van der Waals surface area contributed by atoms with Crippen LogP contribution in [0.3, 0.4) is 0 Å². The maximum atomic E-state index is 12.5. The fourth-order valence-electron chi connectivity index (χ4n) is 3.20. The van der Waals surface area contributed by atoms with Crippen molar-refractivity contribution in [2.45, 2.75) is 19.5 Å². The van der Waals surface area contributed by atoms with E-state index in [-0.39, 0.29) is 17.1 Å². The Morgan fingerprint density at radius 3 is 2.77 bits per heavy atom. The van der Waals surface area contributed by atoms with Gasteiger partial charge in [-0.05, 0) is 30.3 Å². The molecule has 2 aromatic heterocycles. The predicted molar refractivity (Wildman–Crippen MR) is 95.7 cm³/mol. The molecule has 0 radical (unpaired) electrons. The maximum absolute atomic E-state index is 12.5. The Balaban J connectivity index is 1.59. The first-order chi connectivity index (χ1) is 12.6. The van der Waals surface area contributed by atoms with Crippen molar-refractivity contribution in [2.75, 3.05) is 6.54 Å². The fraction of sp³-hybridized carbons (Fsp3) is 0.211. The minimum atomic E-state index is -0.147. The third-order valence-electron chi connectivity index (χ3n) is 4.56. The van der Waals surface area contributed by atoms with Crippen molar-refractivity contribution in [1.29, 1.82) is 0 Å². The van der Waals surface area contributed by atoms with Gasteiger partial charge in [-0.1, -0.05) is 0 Å². The van der Waals surface area contributed by atoms with Gasteiger partial charge in [0.1, 0.15) is 17.3 Å². The fourth-order valence-corrected chi connectivity index (χ4v) is 3.20. The van der Waals surface area contributed by atoms with E-state index in [4.69, 9.17) is 0 Å². The highest BCUT2D eigenvalue weighted by Gasteiger charge is 2.22. The normalized spacial score (nSPS) is 14.2. The standard InChI is InChI=1S/C19H18N4O3/c24-14-1-2-17(25)13(9-14)10-23-8-5-16-15(11-23)19(26)22-18(21-16)12-3-6-20-7-4-12/h1-4,6-7,9,24-25H,5,8,10-11H2,(H,21,22,26). The number of hydrogen-bond donors (Lipinski definition) is 3. The largest absolute Gasteiger partial charge is 0.508 e. The van der Waals surface area contributed by atoms with Gasteiger partial charge in [0.15, 0.2) is 0 Å². The Morgan fingerprint density at radius 1 is 1.15 bits per heavy atom. The van der Waals surface area contributed by atoms with E-state index in [9.17, 15) is 15.0 Å². The number of nitrogens with zero attached hydrogens (tertiary/aromatic N) is 3. The minimum absolute atomic E-state index is 0.108. The van der Waals surface area contributed by atoms with Crippen LogP contribution in [0.4, 0.5) is 0 Å². The number of fused-ring (bicyclic) bond motifs is 1. The first kappa shape index (κ1) is 16.3. The van der Waals surface area contributed by atoms with Gasteiger partial charge in [0.25, 0.3) is 5.56 Å². The first-order valence-electron chi connectivity index (χ1n) is 8.36. The van der Waals surface area contributed by atoms with Gasteiger partial charge in [-0.3, -0.25) is 14.7 Å². The molecule has 0 amide bonds. The molecule has 0 aliphatic carbocycles. The van der Waals surface area contributed by atoms with E-state index >= 15 is 0 Å². The number of aromatic nitrogens is 3. The number of aromatic amines is 1. The first-order valence-corrected chi connectivity index (χ1v) is 8.36. The lowest BCUT2D eigenvalue weighted by molar-refractivity contribution is 0.238. The number of hydrogen-bond acceptors (Lipinski definition) is 6. The summed E-state index contributed by atoms with van der Waals surface area (Å²) in [5.41, 5.74) is 2.76. The van der Waals surface area contributed by atoms with Crippen LogP contribution in [0, 0.1) is 0 Å². The molecular weight excluding hydrogens is 332 g/mol. The summed E-state index contributed by atoms with van der Waals surface area (Å²) < 4.78 is 0. The average molecular weight is 350 g/mol. The number of rotatable bonds is 3. The zero-order valence-electron chi connectivity index (χ0n) is 14.0. The summed E-state index contributed by atoms with van der Waals surface area (Å²) in [6.07, 6.45) is 3.98. The van der Waals surface area contributed by atoms with E-state index in [1.807, 2.05) is 12.1 Å². The van der Waals surface area contributed by atoms with E-state index in [1.165, 1.54) is 12.1 Å². The van der Waals surface area contributed by atoms with Gasteiger partial charge >= 0.3 is 0 Å². The predicted octanol–water partition coefficient (Wildman–Crippen LogP) is 1.80. The summed E-state index contributed by atoms with van der Waals surface area (Å²) in [5, 5.41) is 19.6. The summed E-state index contributed by atoms with van der Waals surface area (Å²) >= 11 is 0. The Bertz CT molecular complexity index is 1000. The summed E-state index contributed by atoms with van der Waals surface area (Å²) in [7, 11) is 0. The van der Waals surface area contributed by atoms with Crippen LogP contribution in [0.2, 0.25) is 0 Å². The molecule has 0 unspecified atom stereocenters. The van der Waals surface area contributed by atoms with Gasteiger partial charge in [0.2, 0.25) is 0 Å². The van der Waals surface area contributed by atoms with Crippen molar-refractivity contribution < 1.29 is 10.2 Å². The highest BCUT2D eigenvalue weighted by atomic mass is 16.3. The van der Waals surface area contributed by atoms with Crippen LogP contribution in [0.25, 0.3) is 11.4 Å². The smallest absolute Gasteiger partial charge is 0.255 e. The van der Waals surface area contributed by atoms with E-state index in [2.05, 4.69) is 19.9 Å². The van der Waals surface area contributed by atoms with Gasteiger partial charge in [0.05, 0.1) is 11.3 Å². The van der Waals surface area contributed by atoms with Crippen LogP contribution in [0.5, 0.6) is 11.5 Å². The van der Waals surface area contributed by atoms with Crippen molar-refractivity contribution in [3.05, 3.63) is 69.9 Å². The molecule has 0 atom stereocenters. The second-order valence-electron chi connectivity index (χ2n) is 6.35. The Morgan fingerprint density at radius 2 is 1.96 bits per heavy atom. The number of phenolic OH excluding ortho intramolecular Hbond substituents is 2. The second-order valence-corrected chi connectivity index (χ2v) is 6.35. The molecule has 4 rings (SSSR count). The van der Waals surface area contributed by atoms with Crippen molar-refractivity contribution in [2.24, 2.45) is 0 Å². The lowest BCUT2D eigenvalue weighted by Crippen LogP contribution is -2.35. The Labute approximate surface area is 149 Å². The third kappa shape index (κ3) is 3.16. The van der Waals surface area contributed by atoms with Gasteiger partial charge in [-0.15, -0.1) is 0 Å². The van der Waals surface area contributed by atoms with Crippen LogP contribution in [-0.2, 0) is 19.5 Å². The molecule has 0 spiro atoms. The van der Waals surface area contributed by atoms with E-state index < -0.39 is 0 Å². The highest BCUT2D eigenvalue weighted by molar-refractivity contribution is 5.54. The molecule has 0 bridgehead atoms. The lowest BCUT2D eigenvalue weighted by Gasteiger charge is -2.28. The number of H-pyrrole nitrogens is 1. The summed E-state index contributed by atoms with van der Waals surface area (Å²) in [6.45, 7) is 1.61. The maximum Gasteiger partial charge on any atom is 0.255 e. The molecule has 1 aromatic carbocycles. The number of aromatic hydroxyl groups is 2. The molecule has 132 valence electrons. The summed E-state index contributed by atoms with van der Waals surface area (Å²) in [4.78, 5) is 26.0. The van der Waals surface area contributed by atoms with Gasteiger partial charge in [-0.2, -0.15) is 0 Å². The molecule has 3 heterocycles. The van der Waals surface area contributed by atoms with Gasteiger partial charge in [-0.25, -0.2) is 4.98 Å². The molecule has 7 nitrogen and oxygen atoms in total. The topological polar surface area (TPSA) is 102 Å². The monoisotopic (exact) mass is 350 g/mol. The summed E-state index contributed by atoms with van der Waals surface area (Å²) in [6, 6.07) is 8.08. The quantitative estimate of drug-likeness (QED) is 0.623. The van der Waals surface area contributed by atoms with Gasteiger partial charge in [0, 0.05) is 49.6 Å². The molecule has 3 N–H and O–H groups in total. The number of phenols is 2. The van der Waals surface area contributed by atoms with Crippen LogP contribution >= 0.6 is 0 Å². The number of pyridine rings is 1. The number of benzene rings is 1. The van der Waals surface area contributed by atoms with Crippen molar-refractivity contribution >= 4 is 0 Å². The molecule has 1 aliphatic heterocycles. The van der Waals surface area contributed by atoms with Crippen LogP contribution < -0.4 is 5.56 Å². The van der Waals surface area contributed by atoms with E-state index in [0.29, 0.717) is 43.0 Å². The van der Waals surface area contributed by atoms with E-state index in [1.54, 1.807) is 18.5 Å². The molecule has 26 heavy (non-hydrogen) atoms. The highest BCUT2D eigenvalue weighted by Crippen LogP contribution is 2.25. The van der Waals surface area contributed by atoms with Crippen molar-refractivity contribution in [1.82, 2.24) is 19.9 Å². The molecule has 3 aromatic rings. The zero-order chi connectivity index (χ0) is 18.1. The molecule has 0 fully saturated rings. The minimum Gasteiger partial charge on any atom is -0.508 e. The summed E-state index contributed by atoms with van der Waals surface area (Å²) in [5.74, 6) is 0.792. The molecule has 0 saturated heterocycles. The van der Waals surface area contributed by atoms with Gasteiger partial charge < -0.3 is 15.2 Å². The average Bonchev–Trinajstić information content (AvgIpc) is 2.66. The molecular formula is C19H18N4O3. The van der Waals surface area contributed by atoms with Crippen LogP contribution in [0.1, 0.15) is 16.8 Å².